The van der Waals surface area contributed by atoms with Crippen LogP contribution in [0.5, 0.6) is 0 Å². The van der Waals surface area contributed by atoms with Crippen molar-refractivity contribution in [2.24, 2.45) is 0 Å². The van der Waals surface area contributed by atoms with E-state index in [-0.39, 0.29) is 0 Å². The van der Waals surface area contributed by atoms with Gasteiger partial charge in [-0.05, 0) is 54.4 Å². The number of hydrogen-bond donors (Lipinski definition) is 0. The number of aryl methyl sites for hydroxylation is 1. The molecule has 1 aromatic heterocycles. The summed E-state index contributed by atoms with van der Waals surface area (Å²) in [5, 5.41) is 0. The number of imidazole rings is 1. The number of rotatable bonds is 6. The van der Waals surface area contributed by atoms with Gasteiger partial charge < -0.3 is 14.0 Å². The Bertz CT molecular complexity index is 556. The van der Waals surface area contributed by atoms with E-state index in [4.69, 9.17) is 9.47 Å². The molecule has 0 aliphatic heterocycles. The van der Waals surface area contributed by atoms with Crippen LogP contribution in [0.3, 0.4) is 0 Å². The zero-order chi connectivity index (χ0) is 19.3. The van der Waals surface area contributed by atoms with Crippen molar-refractivity contribution in [2.75, 3.05) is 7.05 Å². The van der Waals surface area contributed by atoms with Crippen molar-refractivity contribution in [3.8, 4) is 0 Å². The summed E-state index contributed by atoms with van der Waals surface area (Å²) in [6.45, 7) is 11.5. The fraction of sp³-hybridized carbons (Fsp3) is 0.722. The summed E-state index contributed by atoms with van der Waals surface area (Å²) in [7, 11) is 1.57. The summed E-state index contributed by atoms with van der Waals surface area (Å²) in [5.74, 6) is -0.425. The van der Waals surface area contributed by atoms with Gasteiger partial charge in [-0.2, -0.15) is 0 Å². The summed E-state index contributed by atoms with van der Waals surface area (Å²) >= 11 is 0. The van der Waals surface area contributed by atoms with Gasteiger partial charge in [-0.3, -0.25) is 4.90 Å². The Labute approximate surface area is 150 Å². The van der Waals surface area contributed by atoms with Crippen molar-refractivity contribution >= 4 is 12.1 Å². The lowest BCUT2D eigenvalue weighted by Gasteiger charge is -2.31. The number of carbonyl (C=O) groups excluding carboxylic acids is 2. The lowest BCUT2D eigenvalue weighted by Crippen LogP contribution is -2.47. The number of nitrogens with zero attached hydrogens (tertiary/aromatic N) is 3. The van der Waals surface area contributed by atoms with Crippen molar-refractivity contribution in [3.63, 3.8) is 0 Å². The van der Waals surface area contributed by atoms with Gasteiger partial charge >= 0.3 is 12.1 Å². The highest BCUT2D eigenvalue weighted by atomic mass is 16.6. The van der Waals surface area contributed by atoms with Gasteiger partial charge in [0.15, 0.2) is 0 Å². The summed E-state index contributed by atoms with van der Waals surface area (Å²) in [4.78, 5) is 30.2. The Morgan fingerprint density at radius 3 is 2.20 bits per heavy atom. The van der Waals surface area contributed by atoms with Crippen LogP contribution in [0.2, 0.25) is 0 Å². The van der Waals surface area contributed by atoms with Crippen LogP contribution >= 0.6 is 0 Å². The quantitative estimate of drug-likeness (QED) is 0.734. The van der Waals surface area contributed by atoms with Gasteiger partial charge in [0, 0.05) is 26.0 Å². The minimum atomic E-state index is -0.697. The second kappa shape index (κ2) is 8.36. The van der Waals surface area contributed by atoms with Crippen LogP contribution in [0.15, 0.2) is 18.7 Å². The number of hydrogen-bond acceptors (Lipinski definition) is 5. The first-order valence-electron chi connectivity index (χ1n) is 8.53. The van der Waals surface area contributed by atoms with E-state index >= 15 is 0 Å². The molecule has 0 N–H and O–H groups in total. The lowest BCUT2D eigenvalue weighted by atomic mass is 10.1. The second-order valence-corrected chi connectivity index (χ2v) is 8.08. The van der Waals surface area contributed by atoms with Gasteiger partial charge in [0.05, 0.1) is 6.33 Å². The topological polar surface area (TPSA) is 73.7 Å². The molecule has 142 valence electrons. The second-order valence-electron chi connectivity index (χ2n) is 8.08. The number of likely N-dealkylation sites (N-methyl/N-ethyl adjacent to an activating group) is 1. The molecular weight excluding hydrogens is 322 g/mol. The highest BCUT2D eigenvalue weighted by molar-refractivity contribution is 5.81. The molecule has 1 atom stereocenters. The van der Waals surface area contributed by atoms with E-state index in [1.807, 2.05) is 10.8 Å². The maximum absolute atomic E-state index is 12.6. The van der Waals surface area contributed by atoms with Crippen LogP contribution in [-0.4, -0.2) is 50.8 Å². The monoisotopic (exact) mass is 353 g/mol. The van der Waals surface area contributed by atoms with E-state index in [0.717, 1.165) is 0 Å². The molecule has 7 nitrogen and oxygen atoms in total. The molecule has 0 bridgehead atoms. The molecule has 1 heterocycles. The Morgan fingerprint density at radius 1 is 1.12 bits per heavy atom. The maximum Gasteiger partial charge on any atom is 0.410 e. The van der Waals surface area contributed by atoms with Crippen molar-refractivity contribution in [2.45, 2.75) is 78.2 Å². The van der Waals surface area contributed by atoms with Gasteiger partial charge in [0.1, 0.15) is 17.2 Å². The molecule has 0 unspecified atom stereocenters. The van der Waals surface area contributed by atoms with E-state index in [1.165, 1.54) is 4.90 Å². The molecule has 0 aliphatic rings. The standard InChI is InChI=1S/C18H31N3O4/c1-17(2,3)24-15(22)14(9-8-11-21-12-10-19-13-21)20(7)16(23)25-18(4,5)6/h10,12-14H,8-9,11H2,1-7H3/t14-/m0/s1. The Hall–Kier alpha value is -2.05. The molecule has 1 rings (SSSR count). The molecule has 0 spiro atoms. The summed E-state index contributed by atoms with van der Waals surface area (Å²) in [6, 6.07) is -0.697. The largest absolute Gasteiger partial charge is 0.458 e. The van der Waals surface area contributed by atoms with Crippen molar-refractivity contribution in [3.05, 3.63) is 18.7 Å². The van der Waals surface area contributed by atoms with Crippen LogP contribution in [0.1, 0.15) is 54.4 Å². The molecule has 0 saturated carbocycles. The number of carbonyl (C=O) groups is 2. The predicted octanol–water partition coefficient (Wildman–Crippen LogP) is 3.24. The SMILES string of the molecule is CN(C(=O)OC(C)(C)C)[C@@H](CCCn1ccnc1)C(=O)OC(C)(C)C. The average Bonchev–Trinajstić information content (AvgIpc) is 2.92. The smallest absolute Gasteiger partial charge is 0.410 e. The molecule has 7 heteroatoms. The highest BCUT2D eigenvalue weighted by Crippen LogP contribution is 2.17. The number of amides is 1. The van der Waals surface area contributed by atoms with Crippen molar-refractivity contribution < 1.29 is 19.1 Å². The Balaban J connectivity index is 2.78. The first kappa shape index (κ1) is 21.0. The van der Waals surface area contributed by atoms with Crippen LogP contribution < -0.4 is 0 Å². The van der Waals surface area contributed by atoms with Gasteiger partial charge in [0.2, 0.25) is 0 Å². The average molecular weight is 353 g/mol. The first-order chi connectivity index (χ1) is 11.4. The molecule has 1 amide bonds. The van der Waals surface area contributed by atoms with Crippen LogP contribution in [0.25, 0.3) is 0 Å². The first-order valence-corrected chi connectivity index (χ1v) is 8.53. The molecule has 1 aromatic rings. The van der Waals surface area contributed by atoms with Crippen molar-refractivity contribution in [1.82, 2.24) is 14.5 Å². The fourth-order valence-corrected chi connectivity index (χ4v) is 2.19. The third-order valence-corrected chi connectivity index (χ3v) is 3.28. The molecule has 0 aromatic carbocycles. The fourth-order valence-electron chi connectivity index (χ4n) is 2.19. The third-order valence-electron chi connectivity index (χ3n) is 3.28. The number of esters is 1. The molecular formula is C18H31N3O4. The van der Waals surface area contributed by atoms with Gasteiger partial charge in [-0.1, -0.05) is 0 Å². The molecule has 0 saturated heterocycles. The zero-order valence-corrected chi connectivity index (χ0v) is 16.4. The lowest BCUT2D eigenvalue weighted by molar-refractivity contribution is -0.161. The number of aromatic nitrogens is 2. The van der Waals surface area contributed by atoms with E-state index in [2.05, 4.69) is 4.98 Å². The van der Waals surface area contributed by atoms with Crippen LogP contribution in [-0.2, 0) is 20.8 Å². The van der Waals surface area contributed by atoms with Crippen LogP contribution in [0, 0.1) is 0 Å². The Kier molecular flexibility index (Phi) is 7.02. The molecule has 25 heavy (non-hydrogen) atoms. The summed E-state index contributed by atoms with van der Waals surface area (Å²) in [6.07, 6.45) is 5.93. The zero-order valence-electron chi connectivity index (χ0n) is 16.4. The normalized spacial score (nSPS) is 13.2. The molecule has 0 radical (unpaired) electrons. The Morgan fingerprint density at radius 2 is 1.72 bits per heavy atom. The van der Waals surface area contributed by atoms with E-state index < -0.39 is 29.3 Å². The molecule has 0 fully saturated rings. The van der Waals surface area contributed by atoms with Crippen LogP contribution in [0.4, 0.5) is 4.79 Å². The summed E-state index contributed by atoms with van der Waals surface area (Å²) < 4.78 is 12.8. The third kappa shape index (κ3) is 8.05. The molecule has 0 aliphatic carbocycles. The van der Waals surface area contributed by atoms with Crippen molar-refractivity contribution in [1.29, 1.82) is 0 Å². The highest BCUT2D eigenvalue weighted by Gasteiger charge is 2.33. The van der Waals surface area contributed by atoms with Gasteiger partial charge in [-0.15, -0.1) is 0 Å². The number of ether oxygens (including phenoxy) is 2. The maximum atomic E-state index is 12.6. The minimum absolute atomic E-state index is 0.425. The predicted molar refractivity (Wildman–Crippen MR) is 95.1 cm³/mol. The van der Waals surface area contributed by atoms with E-state index in [9.17, 15) is 9.59 Å². The van der Waals surface area contributed by atoms with E-state index in [1.54, 1.807) is 61.1 Å². The van der Waals surface area contributed by atoms with Gasteiger partial charge in [-0.25, -0.2) is 14.6 Å². The summed E-state index contributed by atoms with van der Waals surface area (Å²) in [5.41, 5.74) is -1.24. The minimum Gasteiger partial charge on any atom is -0.458 e. The van der Waals surface area contributed by atoms with E-state index in [0.29, 0.717) is 19.4 Å². The van der Waals surface area contributed by atoms with Gasteiger partial charge in [0.25, 0.3) is 0 Å².